The first-order valence-corrected chi connectivity index (χ1v) is 16.5. The number of hydrogen-bond acceptors (Lipinski definition) is 8. The van der Waals surface area contributed by atoms with Gasteiger partial charge in [0.25, 0.3) is 0 Å². The quantitative estimate of drug-likeness (QED) is 0.383. The Bertz CT molecular complexity index is 1550. The first-order valence-electron chi connectivity index (χ1n) is 15.7. The van der Waals surface area contributed by atoms with Crippen LogP contribution in [0.1, 0.15) is 52.0 Å². The number of fused-ring (bicyclic) bond motifs is 7. The predicted octanol–water partition coefficient (Wildman–Crippen LogP) is 5.66. The van der Waals surface area contributed by atoms with Gasteiger partial charge in [-0.2, -0.15) is 0 Å². The minimum atomic E-state index is -1.38. The number of rotatable bonds is 6. The van der Waals surface area contributed by atoms with Crippen LogP contribution in [0.4, 0.5) is 5.69 Å². The van der Waals surface area contributed by atoms with Gasteiger partial charge in [-0.05, 0) is 93.0 Å². The predicted molar refractivity (Wildman–Crippen MR) is 168 cm³/mol. The van der Waals surface area contributed by atoms with Gasteiger partial charge in [-0.25, -0.2) is 0 Å². The molecular formula is C36H41NO6S. The van der Waals surface area contributed by atoms with Gasteiger partial charge in [0, 0.05) is 44.8 Å². The Labute approximate surface area is 263 Å². The van der Waals surface area contributed by atoms with Crippen LogP contribution in [0.3, 0.4) is 0 Å². The van der Waals surface area contributed by atoms with Gasteiger partial charge < -0.3 is 25.0 Å². The van der Waals surface area contributed by atoms with Crippen LogP contribution in [0.15, 0.2) is 82.1 Å². The highest BCUT2D eigenvalue weighted by Crippen LogP contribution is 2.71. The van der Waals surface area contributed by atoms with E-state index in [4.69, 9.17) is 9.47 Å². The zero-order valence-corrected chi connectivity index (χ0v) is 26.5. The SMILES string of the molecule is CNc1ccc(Sc2ccc([C@]3(C)O[C@@H]4CC5[C@@H]6CCC7=CC(=O)C=C[C@]7(C)[C@H]6[C@@H](O)C[C@]5(C)[C@]4(C(=O)CO)O3)cc2)cc1. The molecule has 0 spiro atoms. The van der Waals surface area contributed by atoms with Crippen molar-refractivity contribution in [2.75, 3.05) is 19.0 Å². The third-order valence-corrected chi connectivity index (χ3v) is 12.7. The Morgan fingerprint density at radius 3 is 2.41 bits per heavy atom. The van der Waals surface area contributed by atoms with Crippen molar-refractivity contribution >= 4 is 29.0 Å². The Morgan fingerprint density at radius 1 is 1.07 bits per heavy atom. The summed E-state index contributed by atoms with van der Waals surface area (Å²) in [6, 6.07) is 16.3. The van der Waals surface area contributed by atoms with Gasteiger partial charge in [0.05, 0.1) is 12.2 Å². The summed E-state index contributed by atoms with van der Waals surface area (Å²) in [5.41, 5.74) is 0.419. The number of aliphatic hydroxyl groups is 2. The monoisotopic (exact) mass is 615 g/mol. The first-order chi connectivity index (χ1) is 21.0. The zero-order chi connectivity index (χ0) is 31.1. The van der Waals surface area contributed by atoms with Crippen LogP contribution in [0.25, 0.3) is 0 Å². The van der Waals surface area contributed by atoms with Crippen LogP contribution in [0.2, 0.25) is 0 Å². The summed E-state index contributed by atoms with van der Waals surface area (Å²) in [5, 5.41) is 25.3. The van der Waals surface area contributed by atoms with E-state index in [1.54, 1.807) is 23.9 Å². The lowest BCUT2D eigenvalue weighted by molar-refractivity contribution is -0.237. The van der Waals surface area contributed by atoms with E-state index in [0.29, 0.717) is 12.8 Å². The molecule has 7 nitrogen and oxygen atoms in total. The van der Waals surface area contributed by atoms with E-state index < -0.39 is 41.0 Å². The fourth-order valence-corrected chi connectivity index (χ4v) is 10.5. The van der Waals surface area contributed by atoms with E-state index in [1.165, 1.54) is 0 Å². The summed E-state index contributed by atoms with van der Waals surface area (Å²) in [6.07, 6.45) is 6.68. The Morgan fingerprint density at radius 2 is 1.75 bits per heavy atom. The summed E-state index contributed by atoms with van der Waals surface area (Å²) in [6.45, 7) is 5.41. The van der Waals surface area contributed by atoms with Gasteiger partial charge in [-0.15, -0.1) is 0 Å². The summed E-state index contributed by atoms with van der Waals surface area (Å²) in [5.74, 6) is -1.47. The maximum Gasteiger partial charge on any atom is 0.193 e. The normalized spacial score (nSPS) is 40.5. The van der Waals surface area contributed by atoms with Crippen LogP contribution in [-0.2, 0) is 24.8 Å². The molecule has 5 aliphatic rings. The van der Waals surface area contributed by atoms with Crippen LogP contribution in [0.5, 0.6) is 0 Å². The van der Waals surface area contributed by atoms with Crippen LogP contribution < -0.4 is 5.32 Å². The molecule has 9 atom stereocenters. The molecule has 3 saturated carbocycles. The van der Waals surface area contributed by atoms with Crippen molar-refractivity contribution < 1.29 is 29.3 Å². The molecular weight excluding hydrogens is 574 g/mol. The number of Topliss-reactive ketones (excluding diaryl/α,β-unsaturated/α-hetero) is 1. The third kappa shape index (κ3) is 4.18. The number of benzene rings is 2. The number of anilines is 1. The highest BCUT2D eigenvalue weighted by atomic mass is 32.2. The molecule has 0 bridgehead atoms. The van der Waals surface area contributed by atoms with Crippen molar-refractivity contribution in [1.29, 1.82) is 0 Å². The molecule has 232 valence electrons. The maximum absolute atomic E-state index is 13.9. The number of ether oxygens (including phenoxy) is 2. The molecule has 44 heavy (non-hydrogen) atoms. The molecule has 1 saturated heterocycles. The minimum Gasteiger partial charge on any atom is -0.393 e. The molecule has 0 radical (unpaired) electrons. The molecule has 4 aliphatic carbocycles. The number of carbonyl (C=O) groups is 2. The number of aliphatic hydroxyl groups excluding tert-OH is 2. The molecule has 1 aliphatic heterocycles. The lowest BCUT2D eigenvalue weighted by Crippen LogP contribution is -2.63. The van der Waals surface area contributed by atoms with Crippen molar-refractivity contribution in [2.24, 2.45) is 28.6 Å². The fraction of sp³-hybridized carbons (Fsp3) is 0.500. The summed E-state index contributed by atoms with van der Waals surface area (Å²) in [7, 11) is 1.90. The van der Waals surface area contributed by atoms with Gasteiger partial charge in [0.15, 0.2) is 23.0 Å². The molecule has 3 N–H and O–H groups in total. The van der Waals surface area contributed by atoms with Crippen molar-refractivity contribution in [3.8, 4) is 0 Å². The summed E-state index contributed by atoms with van der Waals surface area (Å²) in [4.78, 5) is 28.3. The molecule has 0 amide bonds. The lowest BCUT2D eigenvalue weighted by Gasteiger charge is -2.60. The number of hydrogen-bond donors (Lipinski definition) is 3. The molecule has 1 unspecified atom stereocenters. The third-order valence-electron chi connectivity index (χ3n) is 11.7. The minimum absolute atomic E-state index is 0.00449. The Hall–Kier alpha value is -2.75. The van der Waals surface area contributed by atoms with E-state index in [0.717, 1.165) is 39.5 Å². The smallest absolute Gasteiger partial charge is 0.193 e. The first kappa shape index (κ1) is 29.9. The number of nitrogens with one attached hydrogen (secondary N) is 1. The van der Waals surface area contributed by atoms with Gasteiger partial charge >= 0.3 is 0 Å². The second kappa shape index (κ2) is 10.4. The maximum atomic E-state index is 13.9. The van der Waals surface area contributed by atoms with Crippen molar-refractivity contribution in [2.45, 2.75) is 79.8 Å². The van der Waals surface area contributed by atoms with Crippen LogP contribution in [0, 0.1) is 28.6 Å². The van der Waals surface area contributed by atoms with E-state index in [1.807, 2.05) is 56.4 Å². The molecule has 0 aromatic heterocycles. The van der Waals surface area contributed by atoms with Crippen molar-refractivity contribution in [3.05, 3.63) is 77.9 Å². The number of ketones is 2. The zero-order valence-electron chi connectivity index (χ0n) is 25.7. The average molecular weight is 616 g/mol. The molecule has 1 heterocycles. The van der Waals surface area contributed by atoms with E-state index >= 15 is 0 Å². The second-order valence-electron chi connectivity index (χ2n) is 13.8. The lowest BCUT2D eigenvalue weighted by atomic mass is 9.46. The topological polar surface area (TPSA) is 105 Å². The highest BCUT2D eigenvalue weighted by molar-refractivity contribution is 7.99. The van der Waals surface area contributed by atoms with Gasteiger partial charge in [-0.1, -0.05) is 49.4 Å². The van der Waals surface area contributed by atoms with E-state index in [9.17, 15) is 19.8 Å². The number of allylic oxidation sites excluding steroid dienone is 4. The summed E-state index contributed by atoms with van der Waals surface area (Å²) >= 11 is 1.66. The molecule has 7 rings (SSSR count). The van der Waals surface area contributed by atoms with Gasteiger partial charge in [0.2, 0.25) is 0 Å². The fourth-order valence-electron chi connectivity index (χ4n) is 9.67. The van der Waals surface area contributed by atoms with Gasteiger partial charge in [-0.3, -0.25) is 9.59 Å². The molecule has 2 aromatic carbocycles. The highest BCUT2D eigenvalue weighted by Gasteiger charge is 2.77. The van der Waals surface area contributed by atoms with E-state index in [2.05, 4.69) is 31.3 Å². The van der Waals surface area contributed by atoms with Crippen LogP contribution in [-0.4, -0.2) is 53.2 Å². The van der Waals surface area contributed by atoms with Crippen LogP contribution >= 0.6 is 11.8 Å². The average Bonchev–Trinajstić information content (AvgIpc) is 3.45. The molecule has 8 heteroatoms. The summed E-state index contributed by atoms with van der Waals surface area (Å²) < 4.78 is 13.7. The van der Waals surface area contributed by atoms with E-state index in [-0.39, 0.29) is 29.3 Å². The largest absolute Gasteiger partial charge is 0.393 e. The molecule has 2 aromatic rings. The van der Waals surface area contributed by atoms with Gasteiger partial charge in [0.1, 0.15) is 6.61 Å². The number of carbonyl (C=O) groups excluding carboxylic acids is 2. The standard InChI is InChI=1S/C36H41NO6S/c1-33-16-15-24(39)17-22(33)7-14-27-28-18-31-36(30(41)20-38,34(28,2)19-29(40)32(27)33)43-35(3,42-31)21-5-10-25(11-6-21)44-26-12-8-23(37-4)9-13-26/h5-6,8-13,15-17,27-29,31-32,37-38,40H,7,14,18-20H2,1-4H3/t27-,28?,29-,31+,32+,33-,34-,35+,36+/m0/s1. The Balaban J connectivity index is 1.18. The Kier molecular flexibility index (Phi) is 7.07. The van der Waals surface area contributed by atoms with Crippen molar-refractivity contribution in [1.82, 2.24) is 0 Å². The molecule has 4 fully saturated rings. The van der Waals surface area contributed by atoms with Crippen molar-refractivity contribution in [3.63, 3.8) is 0 Å². The second-order valence-corrected chi connectivity index (χ2v) is 15.0.